The summed E-state index contributed by atoms with van der Waals surface area (Å²) in [6.45, 7) is 9.26. The normalized spacial score (nSPS) is 25.4. The van der Waals surface area contributed by atoms with Crippen LogP contribution in [0.25, 0.3) is 11.3 Å². The zero-order chi connectivity index (χ0) is 19.6. The van der Waals surface area contributed by atoms with E-state index in [4.69, 9.17) is 4.84 Å². The Balaban J connectivity index is 1.77. The summed E-state index contributed by atoms with van der Waals surface area (Å²) in [6.07, 6.45) is 0. The largest absolute Gasteiger partial charge is 0.405 e. The first-order valence-electron chi connectivity index (χ1n) is 9.98. The Labute approximate surface area is 165 Å². The summed E-state index contributed by atoms with van der Waals surface area (Å²) >= 11 is 0. The maximum absolute atomic E-state index is 13.4. The highest BCUT2D eigenvalue weighted by Crippen LogP contribution is 2.58. The van der Waals surface area contributed by atoms with Crippen LogP contribution in [0.3, 0.4) is 0 Å². The lowest BCUT2D eigenvalue weighted by Gasteiger charge is -2.31. The van der Waals surface area contributed by atoms with E-state index in [0.717, 1.165) is 22.6 Å². The summed E-state index contributed by atoms with van der Waals surface area (Å²) < 4.78 is 0. The van der Waals surface area contributed by atoms with Gasteiger partial charge in [0.25, 0.3) is 0 Å². The van der Waals surface area contributed by atoms with E-state index in [0.29, 0.717) is 6.54 Å². The summed E-state index contributed by atoms with van der Waals surface area (Å²) in [5, 5.41) is 2.01. The van der Waals surface area contributed by atoms with Crippen molar-refractivity contribution in [1.82, 2.24) is 5.06 Å². The molecule has 3 heterocycles. The number of hydrogen-bond acceptors (Lipinski definition) is 3. The number of likely N-dealkylation sites (N-methyl/N-ethyl adjacent to an activating group) is 1. The van der Waals surface area contributed by atoms with Gasteiger partial charge in [-0.3, -0.25) is 4.79 Å². The van der Waals surface area contributed by atoms with Crippen molar-refractivity contribution < 1.29 is 9.63 Å². The van der Waals surface area contributed by atoms with Gasteiger partial charge in [0.15, 0.2) is 5.76 Å². The van der Waals surface area contributed by atoms with Crippen LogP contribution in [0.5, 0.6) is 0 Å². The first-order valence-corrected chi connectivity index (χ1v) is 9.98. The fraction of sp³-hybridized carbons (Fsp3) is 0.375. The number of benzene rings is 2. The van der Waals surface area contributed by atoms with Crippen LogP contribution in [0.2, 0.25) is 0 Å². The van der Waals surface area contributed by atoms with Crippen LogP contribution in [-0.4, -0.2) is 24.1 Å². The number of carbonyl (C=O) groups is 1. The van der Waals surface area contributed by atoms with E-state index >= 15 is 0 Å². The van der Waals surface area contributed by atoms with Gasteiger partial charge >= 0.3 is 0 Å². The molecule has 0 N–H and O–H groups in total. The van der Waals surface area contributed by atoms with Crippen molar-refractivity contribution in [2.75, 3.05) is 11.9 Å². The van der Waals surface area contributed by atoms with Gasteiger partial charge in [0.1, 0.15) is 0 Å². The number of hydrogen-bond donors (Lipinski definition) is 0. The van der Waals surface area contributed by atoms with Crippen LogP contribution >= 0.6 is 0 Å². The van der Waals surface area contributed by atoms with Gasteiger partial charge in [-0.15, -0.1) is 5.06 Å². The van der Waals surface area contributed by atoms with E-state index in [-0.39, 0.29) is 17.4 Å². The molecular weight excluding hydrogens is 348 g/mol. The molecule has 4 heteroatoms. The molecule has 1 atom stereocenters. The van der Waals surface area contributed by atoms with Gasteiger partial charge in [0, 0.05) is 23.6 Å². The minimum atomic E-state index is -0.526. The van der Waals surface area contributed by atoms with Crippen molar-refractivity contribution in [2.45, 2.75) is 51.1 Å². The highest BCUT2D eigenvalue weighted by Gasteiger charge is 2.55. The number of fused-ring (bicyclic) bond motifs is 1. The van der Waals surface area contributed by atoms with E-state index in [1.165, 1.54) is 22.3 Å². The maximum Gasteiger partial charge on any atom is 0.237 e. The van der Waals surface area contributed by atoms with Crippen molar-refractivity contribution in [3.05, 3.63) is 64.2 Å². The molecule has 4 aliphatic rings. The number of rotatable bonds is 0. The average Bonchev–Trinajstić information content (AvgIpc) is 3.18. The third kappa shape index (κ3) is 1.61. The molecule has 1 amide bonds. The van der Waals surface area contributed by atoms with Crippen LogP contribution in [0.1, 0.15) is 55.5 Å². The third-order valence-electron chi connectivity index (χ3n) is 7.25. The highest BCUT2D eigenvalue weighted by atomic mass is 16.7. The molecule has 4 nitrogen and oxygen atoms in total. The summed E-state index contributed by atoms with van der Waals surface area (Å²) in [5.41, 5.74) is 7.70. The number of nitrogens with zero attached hydrogens (tertiary/aromatic N) is 2. The minimum Gasteiger partial charge on any atom is -0.405 e. The Kier molecular flexibility index (Phi) is 2.74. The topological polar surface area (TPSA) is 32.8 Å². The zero-order valence-electron chi connectivity index (χ0n) is 17.0. The SMILES string of the molecule is CN1OC2=C3c4c(cccc4C(C)(C)C31)CN1C(=O)C(C)(C)c3cccc2c31. The monoisotopic (exact) mass is 372 g/mol. The van der Waals surface area contributed by atoms with Gasteiger partial charge in [-0.1, -0.05) is 44.2 Å². The van der Waals surface area contributed by atoms with Crippen LogP contribution in [0.15, 0.2) is 36.4 Å². The second-order valence-corrected chi connectivity index (χ2v) is 9.56. The zero-order valence-corrected chi connectivity index (χ0v) is 17.0. The Morgan fingerprint density at radius 2 is 1.75 bits per heavy atom. The van der Waals surface area contributed by atoms with Crippen molar-refractivity contribution in [3.63, 3.8) is 0 Å². The summed E-state index contributed by atoms with van der Waals surface area (Å²) in [7, 11) is 2.03. The Hall–Kier alpha value is -2.59. The smallest absolute Gasteiger partial charge is 0.237 e. The standard InChI is InChI=1S/C24H24N2O2/c1-23(2)15-10-6-8-13-12-26-19-14(9-7-11-16(19)24(3,4)22(26)27)20-18(17(13)15)21(23)25(5)28-20/h6-11,21H,12H2,1-5H3. The number of para-hydroxylation sites is 1. The van der Waals surface area contributed by atoms with Crippen LogP contribution in [-0.2, 0) is 27.0 Å². The molecule has 142 valence electrons. The Bertz CT molecular complexity index is 1130. The molecule has 6 rings (SSSR count). The number of anilines is 1. The van der Waals surface area contributed by atoms with Crippen molar-refractivity contribution in [2.24, 2.45) is 0 Å². The van der Waals surface area contributed by atoms with Gasteiger partial charge < -0.3 is 9.74 Å². The first-order chi connectivity index (χ1) is 13.2. The lowest BCUT2D eigenvalue weighted by molar-refractivity contribution is -0.122. The summed E-state index contributed by atoms with van der Waals surface area (Å²) in [6, 6.07) is 13.0. The number of hydroxylamine groups is 2. The van der Waals surface area contributed by atoms with Crippen LogP contribution in [0.4, 0.5) is 5.69 Å². The molecular formula is C24H24N2O2. The molecule has 0 radical (unpaired) electrons. The van der Waals surface area contributed by atoms with E-state index in [9.17, 15) is 4.79 Å². The van der Waals surface area contributed by atoms with Gasteiger partial charge in [0.2, 0.25) is 5.91 Å². The van der Waals surface area contributed by atoms with Crippen molar-refractivity contribution in [3.8, 4) is 0 Å². The summed E-state index contributed by atoms with van der Waals surface area (Å²) in [5.74, 6) is 1.08. The van der Waals surface area contributed by atoms with Gasteiger partial charge in [-0.05, 0) is 42.2 Å². The predicted octanol–water partition coefficient (Wildman–Crippen LogP) is 4.23. The lowest BCUT2D eigenvalue weighted by Crippen LogP contribution is -2.39. The van der Waals surface area contributed by atoms with Crippen molar-refractivity contribution in [1.29, 1.82) is 0 Å². The molecule has 1 unspecified atom stereocenters. The van der Waals surface area contributed by atoms with E-state index in [1.54, 1.807) is 0 Å². The molecule has 0 fully saturated rings. The number of amides is 1. The van der Waals surface area contributed by atoms with E-state index in [1.807, 2.05) is 30.9 Å². The van der Waals surface area contributed by atoms with Gasteiger partial charge in [0.05, 0.1) is 23.7 Å². The van der Waals surface area contributed by atoms with Gasteiger partial charge in [-0.2, -0.15) is 0 Å². The van der Waals surface area contributed by atoms with Crippen LogP contribution in [0, 0.1) is 0 Å². The van der Waals surface area contributed by atoms with Crippen molar-refractivity contribution >= 4 is 22.9 Å². The predicted molar refractivity (Wildman–Crippen MR) is 110 cm³/mol. The summed E-state index contributed by atoms with van der Waals surface area (Å²) in [4.78, 5) is 21.8. The third-order valence-corrected chi connectivity index (χ3v) is 7.25. The Morgan fingerprint density at radius 3 is 2.54 bits per heavy atom. The molecule has 3 aliphatic heterocycles. The van der Waals surface area contributed by atoms with E-state index in [2.05, 4.69) is 50.2 Å². The molecule has 0 bridgehead atoms. The first kappa shape index (κ1) is 16.4. The molecule has 0 spiro atoms. The molecule has 1 aliphatic carbocycles. The highest BCUT2D eigenvalue weighted by molar-refractivity contribution is 6.12. The number of carbonyl (C=O) groups excluding carboxylic acids is 1. The van der Waals surface area contributed by atoms with E-state index < -0.39 is 5.41 Å². The Morgan fingerprint density at radius 1 is 1.04 bits per heavy atom. The minimum absolute atomic E-state index is 0.0580. The second-order valence-electron chi connectivity index (χ2n) is 9.56. The van der Waals surface area contributed by atoms with Crippen LogP contribution < -0.4 is 4.90 Å². The molecule has 28 heavy (non-hydrogen) atoms. The fourth-order valence-electron chi connectivity index (χ4n) is 5.94. The molecule has 2 aromatic carbocycles. The quantitative estimate of drug-likeness (QED) is 0.694. The molecule has 0 aromatic heterocycles. The van der Waals surface area contributed by atoms with Gasteiger partial charge in [-0.25, -0.2) is 0 Å². The lowest BCUT2D eigenvalue weighted by atomic mass is 9.82. The molecule has 2 aromatic rings. The maximum atomic E-state index is 13.4. The molecule has 0 saturated heterocycles. The molecule has 0 saturated carbocycles. The fourth-order valence-corrected chi connectivity index (χ4v) is 5.94. The second kappa shape index (κ2) is 4.69. The average molecular weight is 372 g/mol.